The van der Waals surface area contributed by atoms with Crippen LogP contribution in [0.3, 0.4) is 0 Å². The largest absolute Gasteiger partial charge is 0.487 e. The number of fused-ring (bicyclic) bond motifs is 1. The summed E-state index contributed by atoms with van der Waals surface area (Å²) in [4.78, 5) is 36.0. The molecule has 9 heteroatoms. The van der Waals surface area contributed by atoms with Crippen molar-refractivity contribution in [1.82, 2.24) is 10.2 Å². The van der Waals surface area contributed by atoms with Crippen LogP contribution in [0.25, 0.3) is 0 Å². The number of nitrogens with zero attached hydrogens (tertiary/aromatic N) is 2. The number of nitrogens with one attached hydrogen (secondary N) is 1. The lowest BCUT2D eigenvalue weighted by Gasteiger charge is -2.48. The third-order valence-electron chi connectivity index (χ3n) is 7.00. The van der Waals surface area contributed by atoms with E-state index in [2.05, 4.69) is 59.3 Å². The van der Waals surface area contributed by atoms with Crippen LogP contribution in [-0.2, 0) is 14.4 Å². The minimum Gasteiger partial charge on any atom is -0.487 e. The fourth-order valence-corrected chi connectivity index (χ4v) is 5.33. The van der Waals surface area contributed by atoms with Crippen LogP contribution < -0.4 is 15.0 Å². The normalized spacial score (nSPS) is 22.3. The maximum atomic E-state index is 12.9. The predicted molar refractivity (Wildman–Crippen MR) is 129 cm³/mol. The molecule has 3 aliphatic rings. The third-order valence-corrected chi connectivity index (χ3v) is 7.00. The average molecular weight is 482 g/mol. The molecule has 2 aromatic rings. The second-order valence-electron chi connectivity index (χ2n) is 9.72. The molecule has 35 heavy (non-hydrogen) atoms. The van der Waals surface area contributed by atoms with Gasteiger partial charge in [-0.15, -0.1) is 0 Å². The van der Waals surface area contributed by atoms with Crippen molar-refractivity contribution in [3.8, 4) is 5.75 Å². The molecule has 2 fully saturated rings. The predicted octanol–water partition coefficient (Wildman–Crippen LogP) is 2.87. The summed E-state index contributed by atoms with van der Waals surface area (Å²) >= 11 is 0. The van der Waals surface area contributed by atoms with Crippen LogP contribution in [0.1, 0.15) is 44.7 Å². The zero-order valence-corrected chi connectivity index (χ0v) is 19.9. The average Bonchev–Trinajstić information content (AvgIpc) is 3.14. The SMILES string of the molecule is CC1(C)CC(N2CCC3(CC2)C(=O)NCN3c2ccccc2)c2ccccc2O1.O=C(O)C(=O)O. The molecule has 1 amide bonds. The van der Waals surface area contributed by atoms with Crippen LogP contribution in [-0.4, -0.2) is 63.9 Å². The number of carboxylic acids is 2. The first-order valence-corrected chi connectivity index (χ1v) is 11.7. The van der Waals surface area contributed by atoms with Gasteiger partial charge in [-0.2, -0.15) is 0 Å². The standard InChI is InChI=1S/C24H29N3O2.C2H2O4/c1-23(2)16-20(19-10-6-7-11-21(19)29-23)26-14-12-24(13-15-26)22(28)25-17-27(24)18-8-4-3-5-9-18;3-1(4)2(5)6/h3-11,20H,12-17H2,1-2H3,(H,25,28);(H,3,4)(H,5,6). The Morgan fingerprint density at radius 3 is 2.20 bits per heavy atom. The molecule has 5 rings (SSSR count). The Hall–Kier alpha value is -3.59. The molecule has 0 radical (unpaired) electrons. The van der Waals surface area contributed by atoms with E-state index in [4.69, 9.17) is 24.5 Å². The first-order valence-electron chi connectivity index (χ1n) is 11.7. The Morgan fingerprint density at radius 2 is 1.57 bits per heavy atom. The second kappa shape index (κ2) is 9.58. The van der Waals surface area contributed by atoms with E-state index in [9.17, 15) is 4.79 Å². The summed E-state index contributed by atoms with van der Waals surface area (Å²) in [6.07, 6.45) is 2.65. The number of aliphatic carboxylic acids is 2. The summed E-state index contributed by atoms with van der Waals surface area (Å²) in [6.45, 7) is 6.75. The highest BCUT2D eigenvalue weighted by Crippen LogP contribution is 2.45. The Balaban J connectivity index is 0.000000431. The Bertz CT molecular complexity index is 1080. The van der Waals surface area contributed by atoms with Crippen molar-refractivity contribution >= 4 is 23.5 Å². The number of anilines is 1. The van der Waals surface area contributed by atoms with Crippen molar-refractivity contribution < 1.29 is 29.3 Å². The van der Waals surface area contributed by atoms with Crippen molar-refractivity contribution in [1.29, 1.82) is 0 Å². The Morgan fingerprint density at radius 1 is 0.971 bits per heavy atom. The van der Waals surface area contributed by atoms with Gasteiger partial charge in [-0.1, -0.05) is 36.4 Å². The Labute approximate surface area is 204 Å². The lowest BCUT2D eigenvalue weighted by atomic mass is 9.82. The molecule has 1 unspecified atom stereocenters. The summed E-state index contributed by atoms with van der Waals surface area (Å²) in [5, 5.41) is 17.9. The molecule has 3 heterocycles. The van der Waals surface area contributed by atoms with Gasteiger partial charge in [0.25, 0.3) is 0 Å². The number of rotatable bonds is 2. The molecule has 1 spiro atoms. The molecule has 1 atom stereocenters. The first-order chi connectivity index (χ1) is 16.6. The molecule has 0 aliphatic carbocycles. The summed E-state index contributed by atoms with van der Waals surface area (Å²) in [7, 11) is 0. The number of carboxylic acid groups (broad SMARTS) is 2. The van der Waals surface area contributed by atoms with Gasteiger partial charge in [-0.25, -0.2) is 9.59 Å². The molecular formula is C26H31N3O6. The molecule has 9 nitrogen and oxygen atoms in total. The van der Waals surface area contributed by atoms with Crippen LogP contribution in [0.5, 0.6) is 5.75 Å². The van der Waals surface area contributed by atoms with E-state index in [0.717, 1.165) is 43.8 Å². The van der Waals surface area contributed by atoms with Gasteiger partial charge >= 0.3 is 11.9 Å². The molecule has 0 aromatic heterocycles. The minimum absolute atomic E-state index is 0.175. The van der Waals surface area contributed by atoms with Crippen LogP contribution in [0, 0.1) is 0 Å². The highest BCUT2D eigenvalue weighted by Gasteiger charge is 2.51. The van der Waals surface area contributed by atoms with Crippen molar-refractivity contribution in [3.05, 3.63) is 60.2 Å². The fourth-order valence-electron chi connectivity index (χ4n) is 5.33. The van der Waals surface area contributed by atoms with E-state index in [1.54, 1.807) is 0 Å². The van der Waals surface area contributed by atoms with Gasteiger partial charge in [0.1, 0.15) is 16.9 Å². The number of hydrogen-bond donors (Lipinski definition) is 3. The lowest BCUT2D eigenvalue weighted by Crippen LogP contribution is -2.57. The van der Waals surface area contributed by atoms with Crippen LogP contribution in [0.15, 0.2) is 54.6 Å². The summed E-state index contributed by atoms with van der Waals surface area (Å²) in [6, 6.07) is 19.1. The zero-order chi connectivity index (χ0) is 25.2. The molecule has 2 aromatic carbocycles. The number of benzene rings is 2. The third kappa shape index (κ3) is 4.95. The maximum Gasteiger partial charge on any atom is 0.414 e. The monoisotopic (exact) mass is 481 g/mol. The van der Waals surface area contributed by atoms with Crippen molar-refractivity contribution in [2.45, 2.75) is 50.3 Å². The van der Waals surface area contributed by atoms with Gasteiger partial charge in [-0.3, -0.25) is 9.69 Å². The van der Waals surface area contributed by atoms with Gasteiger partial charge in [0.15, 0.2) is 0 Å². The van der Waals surface area contributed by atoms with Gasteiger partial charge in [0.2, 0.25) is 5.91 Å². The minimum atomic E-state index is -1.82. The van der Waals surface area contributed by atoms with E-state index >= 15 is 0 Å². The molecule has 0 saturated carbocycles. The molecule has 2 saturated heterocycles. The van der Waals surface area contributed by atoms with Gasteiger partial charge < -0.3 is 25.2 Å². The van der Waals surface area contributed by atoms with Gasteiger partial charge in [0.05, 0.1) is 6.67 Å². The van der Waals surface area contributed by atoms with E-state index in [-0.39, 0.29) is 11.5 Å². The zero-order valence-electron chi connectivity index (χ0n) is 19.9. The smallest absolute Gasteiger partial charge is 0.414 e. The van der Waals surface area contributed by atoms with Gasteiger partial charge in [0, 0.05) is 36.8 Å². The number of hydrogen-bond acceptors (Lipinski definition) is 6. The highest BCUT2D eigenvalue weighted by molar-refractivity contribution is 6.27. The number of amides is 1. The van der Waals surface area contributed by atoms with E-state index in [1.807, 2.05) is 24.3 Å². The molecule has 186 valence electrons. The van der Waals surface area contributed by atoms with E-state index in [0.29, 0.717) is 12.7 Å². The van der Waals surface area contributed by atoms with E-state index in [1.165, 1.54) is 5.56 Å². The van der Waals surface area contributed by atoms with Crippen molar-refractivity contribution in [2.75, 3.05) is 24.7 Å². The van der Waals surface area contributed by atoms with Gasteiger partial charge in [-0.05, 0) is 44.9 Å². The van der Waals surface area contributed by atoms with Crippen LogP contribution in [0.4, 0.5) is 5.69 Å². The van der Waals surface area contributed by atoms with Crippen LogP contribution >= 0.6 is 0 Å². The lowest BCUT2D eigenvalue weighted by molar-refractivity contribution is -0.159. The quantitative estimate of drug-likeness (QED) is 0.561. The van der Waals surface area contributed by atoms with Crippen LogP contribution in [0.2, 0.25) is 0 Å². The number of para-hydroxylation sites is 2. The fraction of sp³-hybridized carbons (Fsp3) is 0.423. The summed E-state index contributed by atoms with van der Waals surface area (Å²) < 4.78 is 6.23. The van der Waals surface area contributed by atoms with Crippen molar-refractivity contribution in [2.24, 2.45) is 0 Å². The number of likely N-dealkylation sites (tertiary alicyclic amines) is 1. The second-order valence-corrected chi connectivity index (χ2v) is 9.72. The number of piperidine rings is 1. The highest BCUT2D eigenvalue weighted by atomic mass is 16.5. The number of ether oxygens (including phenoxy) is 1. The molecule has 0 bridgehead atoms. The topological polar surface area (TPSA) is 119 Å². The first kappa shape index (κ1) is 24.5. The van der Waals surface area contributed by atoms with Crippen molar-refractivity contribution in [3.63, 3.8) is 0 Å². The molecule has 3 aliphatic heterocycles. The van der Waals surface area contributed by atoms with E-state index < -0.39 is 17.5 Å². The molecule has 3 N–H and O–H groups in total. The molecular weight excluding hydrogens is 450 g/mol. The summed E-state index contributed by atoms with van der Waals surface area (Å²) in [5.41, 5.74) is 1.78. The summed E-state index contributed by atoms with van der Waals surface area (Å²) in [5.74, 6) is -2.47. The maximum absolute atomic E-state index is 12.9. The Kier molecular flexibility index (Phi) is 6.71. The number of carbonyl (C=O) groups excluding carboxylic acids is 1. The number of carbonyl (C=O) groups is 3.